The zero-order valence-corrected chi connectivity index (χ0v) is 17.5. The maximum absolute atomic E-state index is 13.0. The monoisotopic (exact) mass is 429 g/mol. The molecule has 0 unspecified atom stereocenters. The zero-order valence-electron chi connectivity index (χ0n) is 16.0. The first-order valence-corrected chi connectivity index (χ1v) is 10.2. The number of hydrogen-bond acceptors (Lipinski definition) is 4. The van der Waals surface area contributed by atoms with Crippen LogP contribution in [0.15, 0.2) is 48.5 Å². The van der Waals surface area contributed by atoms with Gasteiger partial charge < -0.3 is 5.32 Å². The Bertz CT molecular complexity index is 1030. The molecule has 3 aromatic rings. The van der Waals surface area contributed by atoms with E-state index >= 15 is 0 Å². The molecule has 1 amide bonds. The van der Waals surface area contributed by atoms with Gasteiger partial charge in [-0.25, -0.2) is 9.99 Å². The molecule has 1 aromatic heterocycles. The molecule has 6 nitrogen and oxygen atoms in total. The van der Waals surface area contributed by atoms with Gasteiger partial charge in [-0.05, 0) is 43.3 Å². The lowest BCUT2D eigenvalue weighted by Gasteiger charge is -2.27. The fourth-order valence-electron chi connectivity index (χ4n) is 3.42. The van der Waals surface area contributed by atoms with E-state index in [1.54, 1.807) is 0 Å². The molecule has 1 aliphatic rings. The molecule has 2 aromatic carbocycles. The van der Waals surface area contributed by atoms with Gasteiger partial charge in [-0.1, -0.05) is 35.3 Å². The molecule has 1 aliphatic heterocycles. The van der Waals surface area contributed by atoms with Crippen LogP contribution < -0.4 is 10.7 Å². The van der Waals surface area contributed by atoms with Crippen molar-refractivity contribution in [1.29, 1.82) is 0 Å². The zero-order chi connectivity index (χ0) is 20.4. The van der Waals surface area contributed by atoms with Crippen molar-refractivity contribution in [2.75, 3.05) is 26.2 Å². The largest absolute Gasteiger partial charge is 0.314 e. The fourth-order valence-corrected chi connectivity index (χ4v) is 3.77. The highest BCUT2D eigenvalue weighted by molar-refractivity contribution is 6.33. The first kappa shape index (κ1) is 19.9. The van der Waals surface area contributed by atoms with Crippen molar-refractivity contribution < 1.29 is 4.79 Å². The number of aromatic nitrogens is 2. The van der Waals surface area contributed by atoms with Crippen molar-refractivity contribution in [2.24, 2.45) is 0 Å². The van der Waals surface area contributed by atoms with Crippen LogP contribution in [0.25, 0.3) is 17.1 Å². The average molecular weight is 430 g/mol. The first-order valence-electron chi connectivity index (χ1n) is 9.41. The second-order valence-electron chi connectivity index (χ2n) is 6.84. The van der Waals surface area contributed by atoms with E-state index in [0.717, 1.165) is 43.1 Å². The lowest BCUT2D eigenvalue weighted by Crippen LogP contribution is -2.52. The van der Waals surface area contributed by atoms with Crippen LogP contribution in [0.5, 0.6) is 0 Å². The van der Waals surface area contributed by atoms with E-state index < -0.39 is 0 Å². The van der Waals surface area contributed by atoms with Crippen LogP contribution >= 0.6 is 23.2 Å². The normalized spacial score (nSPS) is 14.7. The van der Waals surface area contributed by atoms with Crippen LogP contribution in [0, 0.1) is 6.92 Å². The van der Waals surface area contributed by atoms with Crippen molar-refractivity contribution in [2.45, 2.75) is 6.92 Å². The SMILES string of the molecule is Cc1c(C(=O)NN2CCNCC2)nc(-c2ccccc2Cl)n1-c1ccc(Cl)cc1. The molecule has 0 radical (unpaired) electrons. The number of hydrogen-bond donors (Lipinski definition) is 2. The Morgan fingerprint density at radius 1 is 1.07 bits per heavy atom. The predicted molar refractivity (Wildman–Crippen MR) is 116 cm³/mol. The van der Waals surface area contributed by atoms with Gasteiger partial charge in [0.05, 0.1) is 10.7 Å². The summed E-state index contributed by atoms with van der Waals surface area (Å²) in [4.78, 5) is 17.7. The van der Waals surface area contributed by atoms with Gasteiger partial charge in [0, 0.05) is 42.5 Å². The van der Waals surface area contributed by atoms with Gasteiger partial charge in [0.15, 0.2) is 5.69 Å². The summed E-state index contributed by atoms with van der Waals surface area (Å²) in [5, 5.41) is 6.39. The van der Waals surface area contributed by atoms with Crippen LogP contribution in [0.3, 0.4) is 0 Å². The number of carbonyl (C=O) groups is 1. The minimum Gasteiger partial charge on any atom is -0.314 e. The predicted octanol–water partition coefficient (Wildman–Crippen LogP) is 3.70. The van der Waals surface area contributed by atoms with Gasteiger partial charge in [-0.15, -0.1) is 0 Å². The molecule has 0 bridgehead atoms. The molecule has 0 atom stereocenters. The Balaban J connectivity index is 1.79. The summed E-state index contributed by atoms with van der Waals surface area (Å²) < 4.78 is 1.93. The summed E-state index contributed by atoms with van der Waals surface area (Å²) in [6.07, 6.45) is 0. The molecule has 0 aliphatic carbocycles. The summed E-state index contributed by atoms with van der Waals surface area (Å²) in [5.74, 6) is 0.381. The smallest absolute Gasteiger partial charge is 0.286 e. The topological polar surface area (TPSA) is 62.2 Å². The second-order valence-corrected chi connectivity index (χ2v) is 7.68. The Morgan fingerprint density at radius 3 is 2.45 bits per heavy atom. The Labute approximate surface area is 179 Å². The quantitative estimate of drug-likeness (QED) is 0.663. The number of imidazole rings is 1. The molecular weight excluding hydrogens is 409 g/mol. The minimum absolute atomic E-state index is 0.231. The van der Waals surface area contributed by atoms with Crippen LogP contribution in [-0.2, 0) is 0 Å². The molecule has 2 heterocycles. The standard InChI is InChI=1S/C21H21Cl2N5O/c1-14-19(21(29)26-27-12-10-24-11-13-27)25-20(17-4-2-3-5-18(17)23)28(14)16-8-6-15(22)7-9-16/h2-9,24H,10-13H2,1H3,(H,26,29). The van der Waals surface area contributed by atoms with E-state index in [1.165, 1.54) is 0 Å². The van der Waals surface area contributed by atoms with Crippen molar-refractivity contribution in [3.8, 4) is 17.1 Å². The number of carbonyl (C=O) groups excluding carboxylic acids is 1. The van der Waals surface area contributed by atoms with Crippen LogP contribution in [0.2, 0.25) is 10.0 Å². The van der Waals surface area contributed by atoms with Gasteiger partial charge in [0.25, 0.3) is 5.91 Å². The number of rotatable bonds is 4. The highest BCUT2D eigenvalue weighted by Crippen LogP contribution is 2.31. The van der Waals surface area contributed by atoms with Crippen molar-refractivity contribution >= 4 is 29.1 Å². The Morgan fingerprint density at radius 2 is 1.76 bits per heavy atom. The Kier molecular flexibility index (Phi) is 5.87. The second kappa shape index (κ2) is 8.55. The molecule has 29 heavy (non-hydrogen) atoms. The molecule has 150 valence electrons. The summed E-state index contributed by atoms with van der Waals surface area (Å²) in [7, 11) is 0. The maximum atomic E-state index is 13.0. The molecule has 8 heteroatoms. The van der Waals surface area contributed by atoms with Gasteiger partial charge in [0.2, 0.25) is 0 Å². The molecule has 2 N–H and O–H groups in total. The molecule has 1 saturated heterocycles. The number of benzene rings is 2. The maximum Gasteiger partial charge on any atom is 0.286 e. The fraction of sp³-hybridized carbons (Fsp3) is 0.238. The summed E-state index contributed by atoms with van der Waals surface area (Å²) in [6.45, 7) is 5.06. The van der Waals surface area contributed by atoms with Crippen LogP contribution in [-0.4, -0.2) is 46.6 Å². The number of nitrogens with one attached hydrogen (secondary N) is 2. The third-order valence-electron chi connectivity index (χ3n) is 4.90. The highest BCUT2D eigenvalue weighted by Gasteiger charge is 2.24. The van der Waals surface area contributed by atoms with E-state index in [9.17, 15) is 4.79 Å². The first-order chi connectivity index (χ1) is 14.0. The third-order valence-corrected chi connectivity index (χ3v) is 5.48. The third kappa shape index (κ3) is 4.16. The van der Waals surface area contributed by atoms with Crippen molar-refractivity contribution in [1.82, 2.24) is 25.3 Å². The molecular formula is C21H21Cl2N5O. The number of hydrazine groups is 1. The lowest BCUT2D eigenvalue weighted by atomic mass is 10.2. The molecule has 0 spiro atoms. The van der Waals surface area contributed by atoms with E-state index in [-0.39, 0.29) is 5.91 Å². The number of nitrogens with zero attached hydrogens (tertiary/aromatic N) is 3. The van der Waals surface area contributed by atoms with Gasteiger partial charge in [-0.2, -0.15) is 0 Å². The number of piperazine rings is 1. The van der Waals surface area contributed by atoms with Crippen molar-refractivity contribution in [3.05, 3.63) is 70.0 Å². The van der Waals surface area contributed by atoms with E-state index in [4.69, 9.17) is 28.2 Å². The van der Waals surface area contributed by atoms with Gasteiger partial charge >= 0.3 is 0 Å². The van der Waals surface area contributed by atoms with Crippen molar-refractivity contribution in [3.63, 3.8) is 0 Å². The molecule has 4 rings (SSSR count). The van der Waals surface area contributed by atoms with E-state index in [0.29, 0.717) is 21.6 Å². The molecule has 0 saturated carbocycles. The molecule has 1 fully saturated rings. The van der Waals surface area contributed by atoms with Gasteiger partial charge in [-0.3, -0.25) is 14.8 Å². The number of amides is 1. The number of halogens is 2. The van der Waals surface area contributed by atoms with Gasteiger partial charge in [0.1, 0.15) is 5.82 Å². The van der Waals surface area contributed by atoms with E-state index in [2.05, 4.69) is 10.7 Å². The van der Waals surface area contributed by atoms with E-state index in [1.807, 2.05) is 65.0 Å². The summed E-state index contributed by atoms with van der Waals surface area (Å²) in [6, 6.07) is 14.9. The van der Waals surface area contributed by atoms with Crippen LogP contribution in [0.1, 0.15) is 16.2 Å². The minimum atomic E-state index is -0.231. The summed E-state index contributed by atoms with van der Waals surface area (Å²) in [5.41, 5.74) is 5.68. The Hall–Kier alpha value is -2.38. The van der Waals surface area contributed by atoms with Crippen LogP contribution in [0.4, 0.5) is 0 Å². The highest BCUT2D eigenvalue weighted by atomic mass is 35.5. The lowest BCUT2D eigenvalue weighted by molar-refractivity contribution is 0.0759. The average Bonchev–Trinajstić information content (AvgIpc) is 3.07. The summed E-state index contributed by atoms with van der Waals surface area (Å²) >= 11 is 12.5.